The van der Waals surface area contributed by atoms with Gasteiger partial charge in [0.25, 0.3) is 5.91 Å². The molecule has 1 aromatic heterocycles. The maximum Gasteiger partial charge on any atom is 0.254 e. The van der Waals surface area contributed by atoms with Crippen molar-refractivity contribution in [2.75, 3.05) is 31.2 Å². The molecule has 5 nitrogen and oxygen atoms in total. The Labute approximate surface area is 194 Å². The van der Waals surface area contributed by atoms with Gasteiger partial charge in [-0.15, -0.1) is 11.3 Å². The van der Waals surface area contributed by atoms with Crippen molar-refractivity contribution in [2.24, 2.45) is 4.99 Å². The molecule has 0 spiro atoms. The van der Waals surface area contributed by atoms with E-state index in [0.29, 0.717) is 6.04 Å². The molecular formula is C26H33N3O2S. The van der Waals surface area contributed by atoms with Gasteiger partial charge in [0, 0.05) is 35.9 Å². The molecule has 2 aliphatic carbocycles. The van der Waals surface area contributed by atoms with E-state index in [2.05, 4.69) is 34.5 Å². The van der Waals surface area contributed by atoms with Crippen LogP contribution in [0.25, 0.3) is 0 Å². The van der Waals surface area contributed by atoms with Gasteiger partial charge in [0.2, 0.25) is 0 Å². The number of aryl methyl sites for hydroxylation is 1. The zero-order valence-corrected chi connectivity index (χ0v) is 19.6. The van der Waals surface area contributed by atoms with Gasteiger partial charge in [0.05, 0.1) is 18.8 Å². The lowest BCUT2D eigenvalue weighted by Crippen LogP contribution is -2.36. The predicted octanol–water partition coefficient (Wildman–Crippen LogP) is 5.28. The van der Waals surface area contributed by atoms with E-state index in [-0.39, 0.29) is 5.91 Å². The number of carbonyl (C=O) groups excluding carboxylic acids is 1. The minimum Gasteiger partial charge on any atom is -0.378 e. The van der Waals surface area contributed by atoms with Gasteiger partial charge in [-0.2, -0.15) is 0 Å². The monoisotopic (exact) mass is 451 g/mol. The Morgan fingerprint density at radius 1 is 1.03 bits per heavy atom. The summed E-state index contributed by atoms with van der Waals surface area (Å²) in [5.74, 6) is 0.0890. The summed E-state index contributed by atoms with van der Waals surface area (Å²) >= 11 is 1.72. The minimum atomic E-state index is 0.0890. The number of aliphatic imine (C=N–C) groups is 1. The number of carbonyl (C=O) groups is 1. The van der Waals surface area contributed by atoms with Crippen LogP contribution in [-0.2, 0) is 17.6 Å². The van der Waals surface area contributed by atoms with E-state index in [1.165, 1.54) is 48.2 Å². The molecule has 3 aliphatic rings. The van der Waals surface area contributed by atoms with Gasteiger partial charge in [-0.25, -0.2) is 4.99 Å². The van der Waals surface area contributed by atoms with Crippen LogP contribution in [0.5, 0.6) is 0 Å². The third kappa shape index (κ3) is 4.91. The normalized spacial score (nSPS) is 19.8. The fourth-order valence-corrected chi connectivity index (χ4v) is 6.34. The molecule has 2 aromatic rings. The number of fused-ring (bicyclic) bond motifs is 1. The van der Waals surface area contributed by atoms with Crippen LogP contribution in [-0.4, -0.2) is 44.5 Å². The largest absolute Gasteiger partial charge is 0.378 e. The van der Waals surface area contributed by atoms with Gasteiger partial charge in [0.15, 0.2) is 0 Å². The molecule has 0 atom stereocenters. The molecule has 170 valence electrons. The van der Waals surface area contributed by atoms with Crippen molar-refractivity contribution in [3.05, 3.63) is 45.8 Å². The first-order chi connectivity index (χ1) is 15.8. The average molecular weight is 452 g/mol. The Morgan fingerprint density at radius 2 is 1.78 bits per heavy atom. The highest BCUT2D eigenvalue weighted by Crippen LogP contribution is 2.40. The number of morpholine rings is 1. The van der Waals surface area contributed by atoms with Gasteiger partial charge in [-0.3, -0.25) is 4.79 Å². The quantitative estimate of drug-likeness (QED) is 0.630. The van der Waals surface area contributed by atoms with Crippen LogP contribution in [0.3, 0.4) is 0 Å². The number of nitrogens with one attached hydrogen (secondary N) is 1. The van der Waals surface area contributed by atoms with Crippen LogP contribution < -0.4 is 10.2 Å². The molecule has 2 heterocycles. The number of thiophene rings is 1. The summed E-state index contributed by atoms with van der Waals surface area (Å²) in [5, 5.41) is 4.21. The predicted molar refractivity (Wildman–Crippen MR) is 132 cm³/mol. The summed E-state index contributed by atoms with van der Waals surface area (Å²) in [5.41, 5.74) is 4.39. The lowest BCUT2D eigenvalue weighted by Gasteiger charge is -2.28. The van der Waals surface area contributed by atoms with Crippen LogP contribution in [0, 0.1) is 0 Å². The van der Waals surface area contributed by atoms with Crippen molar-refractivity contribution < 1.29 is 9.53 Å². The molecule has 1 amide bonds. The molecule has 1 aliphatic heterocycles. The van der Waals surface area contributed by atoms with Crippen LogP contribution >= 0.6 is 11.3 Å². The maximum absolute atomic E-state index is 13.3. The first-order valence-corrected chi connectivity index (χ1v) is 13.0. The number of rotatable bonds is 5. The summed E-state index contributed by atoms with van der Waals surface area (Å²) in [4.78, 5) is 21.9. The van der Waals surface area contributed by atoms with Crippen LogP contribution in [0.1, 0.15) is 71.3 Å². The number of amides is 1. The van der Waals surface area contributed by atoms with E-state index < -0.39 is 0 Å². The standard InChI is InChI=1S/C26H33N3O2S/c30-25(28-20-6-2-1-3-7-20)24-22-8-4-5-9-23(22)32-26(24)27-18-19-10-12-21(13-11-19)29-14-16-31-17-15-29/h10-13,18,20H,1-9,14-17H2,(H,28,30). The highest BCUT2D eigenvalue weighted by Gasteiger charge is 2.27. The van der Waals surface area contributed by atoms with E-state index in [9.17, 15) is 4.79 Å². The highest BCUT2D eigenvalue weighted by atomic mass is 32.1. The van der Waals surface area contributed by atoms with Crippen molar-refractivity contribution in [1.29, 1.82) is 0 Å². The molecule has 1 aromatic carbocycles. The number of hydrogen-bond donors (Lipinski definition) is 1. The molecule has 2 fully saturated rings. The maximum atomic E-state index is 13.3. The number of anilines is 1. The Hall–Kier alpha value is -2.18. The van der Waals surface area contributed by atoms with Crippen molar-refractivity contribution in [3.8, 4) is 0 Å². The second kappa shape index (κ2) is 10.2. The van der Waals surface area contributed by atoms with Crippen molar-refractivity contribution in [1.82, 2.24) is 5.32 Å². The van der Waals surface area contributed by atoms with Crippen molar-refractivity contribution >= 4 is 34.1 Å². The third-order valence-electron chi connectivity index (χ3n) is 6.92. The Bertz CT molecular complexity index is 954. The molecular weight excluding hydrogens is 418 g/mol. The molecule has 1 saturated heterocycles. The van der Waals surface area contributed by atoms with Gasteiger partial charge >= 0.3 is 0 Å². The zero-order valence-electron chi connectivity index (χ0n) is 18.8. The third-order valence-corrected chi connectivity index (χ3v) is 8.12. The van der Waals surface area contributed by atoms with Gasteiger partial charge in [-0.05, 0) is 61.8 Å². The molecule has 0 radical (unpaired) electrons. The molecule has 32 heavy (non-hydrogen) atoms. The number of ether oxygens (including phenoxy) is 1. The van der Waals surface area contributed by atoms with E-state index in [1.807, 2.05) is 6.21 Å². The Kier molecular flexibility index (Phi) is 6.89. The van der Waals surface area contributed by atoms with E-state index in [4.69, 9.17) is 9.73 Å². The van der Waals surface area contributed by atoms with E-state index in [1.54, 1.807) is 11.3 Å². The lowest BCUT2D eigenvalue weighted by atomic mass is 9.93. The lowest BCUT2D eigenvalue weighted by molar-refractivity contribution is 0.0927. The molecule has 0 unspecified atom stereocenters. The fraction of sp³-hybridized carbons (Fsp3) is 0.538. The number of hydrogen-bond acceptors (Lipinski definition) is 5. The van der Waals surface area contributed by atoms with Crippen molar-refractivity contribution in [3.63, 3.8) is 0 Å². The summed E-state index contributed by atoms with van der Waals surface area (Å²) in [6.45, 7) is 3.46. The molecule has 1 saturated carbocycles. The first kappa shape index (κ1) is 21.7. The number of benzene rings is 1. The Morgan fingerprint density at radius 3 is 2.56 bits per heavy atom. The van der Waals surface area contributed by atoms with Crippen molar-refractivity contribution in [2.45, 2.75) is 63.8 Å². The fourth-order valence-electron chi connectivity index (χ4n) is 5.11. The van der Waals surface area contributed by atoms with Crippen LogP contribution in [0.4, 0.5) is 10.7 Å². The smallest absolute Gasteiger partial charge is 0.254 e. The van der Waals surface area contributed by atoms with Gasteiger partial charge in [0.1, 0.15) is 5.00 Å². The van der Waals surface area contributed by atoms with Crippen LogP contribution in [0.2, 0.25) is 0 Å². The molecule has 6 heteroatoms. The molecule has 5 rings (SSSR count). The first-order valence-electron chi connectivity index (χ1n) is 12.2. The SMILES string of the molecule is O=C(NC1CCCCC1)c1c(N=Cc2ccc(N3CCOCC3)cc2)sc2c1CCCC2. The molecule has 0 bridgehead atoms. The van der Waals surface area contributed by atoms with Gasteiger partial charge < -0.3 is 15.0 Å². The summed E-state index contributed by atoms with van der Waals surface area (Å²) in [6, 6.07) is 8.86. The average Bonchev–Trinajstić information content (AvgIpc) is 3.23. The van der Waals surface area contributed by atoms with Crippen LogP contribution in [0.15, 0.2) is 29.3 Å². The minimum absolute atomic E-state index is 0.0890. The summed E-state index contributed by atoms with van der Waals surface area (Å²) < 4.78 is 5.45. The second-order valence-corrected chi connectivity index (χ2v) is 10.2. The Balaban J connectivity index is 1.35. The van der Waals surface area contributed by atoms with E-state index >= 15 is 0 Å². The number of nitrogens with zero attached hydrogens (tertiary/aromatic N) is 2. The second-order valence-electron chi connectivity index (χ2n) is 9.15. The highest BCUT2D eigenvalue weighted by molar-refractivity contribution is 7.16. The zero-order chi connectivity index (χ0) is 21.8. The van der Waals surface area contributed by atoms with Gasteiger partial charge in [-0.1, -0.05) is 31.4 Å². The molecule has 1 N–H and O–H groups in total. The summed E-state index contributed by atoms with van der Waals surface area (Å²) in [7, 11) is 0. The summed E-state index contributed by atoms with van der Waals surface area (Å²) in [6.07, 6.45) is 12.3. The topological polar surface area (TPSA) is 53.9 Å². The van der Waals surface area contributed by atoms with E-state index in [0.717, 1.165) is 68.1 Å².